The third kappa shape index (κ3) is 7.55. The SMILES string of the molecule is C[C@@H]1CN([C@@H](C)CO)C(=O)c2cc(NC(=O)CCC(F)(F)F)ccc2O[C@@H]1CN(C)C(=O)Nc1ccc2c(c1)OCO2. The van der Waals surface area contributed by atoms with Crippen molar-refractivity contribution in [2.24, 2.45) is 5.92 Å². The van der Waals surface area contributed by atoms with E-state index < -0.39 is 49.0 Å². The van der Waals surface area contributed by atoms with Gasteiger partial charge in [-0.15, -0.1) is 0 Å². The van der Waals surface area contributed by atoms with Gasteiger partial charge in [0.1, 0.15) is 11.9 Å². The molecule has 14 heteroatoms. The molecule has 2 heterocycles. The first-order valence-corrected chi connectivity index (χ1v) is 13.4. The van der Waals surface area contributed by atoms with Crippen molar-refractivity contribution < 1.29 is 46.9 Å². The minimum absolute atomic E-state index is 0.0632. The number of rotatable bonds is 8. The summed E-state index contributed by atoms with van der Waals surface area (Å²) in [5.74, 6) is -0.339. The molecule has 2 aliphatic heterocycles. The fraction of sp³-hybridized carbons (Fsp3) is 0.464. The zero-order valence-corrected chi connectivity index (χ0v) is 23.4. The number of nitrogens with zero attached hydrogens (tertiary/aromatic N) is 2. The molecule has 0 unspecified atom stereocenters. The van der Waals surface area contributed by atoms with Crippen molar-refractivity contribution in [3.8, 4) is 17.2 Å². The number of aliphatic hydroxyl groups excluding tert-OH is 1. The summed E-state index contributed by atoms with van der Waals surface area (Å²) < 4.78 is 54.5. The van der Waals surface area contributed by atoms with Crippen molar-refractivity contribution in [2.75, 3.05) is 44.2 Å². The summed E-state index contributed by atoms with van der Waals surface area (Å²) in [6.45, 7) is 3.64. The number of halogens is 3. The number of carbonyl (C=O) groups is 3. The van der Waals surface area contributed by atoms with E-state index in [0.717, 1.165) is 0 Å². The van der Waals surface area contributed by atoms with Gasteiger partial charge in [-0.05, 0) is 37.3 Å². The highest BCUT2D eigenvalue weighted by atomic mass is 19.4. The van der Waals surface area contributed by atoms with Crippen LogP contribution in [0.25, 0.3) is 0 Å². The van der Waals surface area contributed by atoms with Gasteiger partial charge in [0, 0.05) is 43.4 Å². The van der Waals surface area contributed by atoms with E-state index >= 15 is 0 Å². The molecule has 3 N–H and O–H groups in total. The number of hydrogen-bond donors (Lipinski definition) is 3. The first-order valence-electron chi connectivity index (χ1n) is 13.4. The summed E-state index contributed by atoms with van der Waals surface area (Å²) in [4.78, 5) is 41.5. The predicted molar refractivity (Wildman–Crippen MR) is 146 cm³/mol. The van der Waals surface area contributed by atoms with Gasteiger partial charge in [0.2, 0.25) is 12.7 Å². The molecule has 0 saturated carbocycles. The normalized spacial score (nSPS) is 18.7. The van der Waals surface area contributed by atoms with Gasteiger partial charge in [-0.25, -0.2) is 4.79 Å². The Morgan fingerprint density at radius 1 is 1.10 bits per heavy atom. The fourth-order valence-corrected chi connectivity index (χ4v) is 4.54. The molecule has 2 aromatic carbocycles. The molecule has 0 radical (unpaired) electrons. The molecule has 228 valence electrons. The summed E-state index contributed by atoms with van der Waals surface area (Å²) >= 11 is 0. The number of carbonyl (C=O) groups excluding carboxylic acids is 3. The summed E-state index contributed by atoms with van der Waals surface area (Å²) in [6, 6.07) is 8.26. The number of alkyl halides is 3. The molecule has 0 bridgehead atoms. The van der Waals surface area contributed by atoms with Gasteiger partial charge < -0.3 is 39.8 Å². The number of aliphatic hydroxyl groups is 1. The van der Waals surface area contributed by atoms with Gasteiger partial charge in [0.15, 0.2) is 11.5 Å². The summed E-state index contributed by atoms with van der Waals surface area (Å²) in [5.41, 5.74) is 0.694. The number of benzene rings is 2. The van der Waals surface area contributed by atoms with Crippen LogP contribution in [0.4, 0.5) is 29.3 Å². The average Bonchev–Trinajstić information content (AvgIpc) is 3.41. The quantitative estimate of drug-likeness (QED) is 0.420. The molecule has 0 spiro atoms. The van der Waals surface area contributed by atoms with Gasteiger partial charge >= 0.3 is 12.2 Å². The van der Waals surface area contributed by atoms with E-state index in [-0.39, 0.29) is 49.4 Å². The van der Waals surface area contributed by atoms with E-state index in [2.05, 4.69) is 10.6 Å². The zero-order valence-electron chi connectivity index (χ0n) is 23.4. The molecule has 0 aliphatic carbocycles. The second-order valence-electron chi connectivity index (χ2n) is 10.4. The maximum absolute atomic E-state index is 13.5. The Morgan fingerprint density at radius 2 is 1.76 bits per heavy atom. The second-order valence-corrected chi connectivity index (χ2v) is 10.4. The minimum atomic E-state index is -4.48. The van der Waals surface area contributed by atoms with Gasteiger partial charge in [0.05, 0.1) is 31.2 Å². The van der Waals surface area contributed by atoms with Gasteiger partial charge in [-0.2, -0.15) is 13.2 Å². The number of urea groups is 1. The van der Waals surface area contributed by atoms with E-state index in [1.54, 1.807) is 32.2 Å². The number of anilines is 2. The van der Waals surface area contributed by atoms with Crippen LogP contribution in [0.15, 0.2) is 36.4 Å². The number of fused-ring (bicyclic) bond motifs is 2. The van der Waals surface area contributed by atoms with E-state index in [9.17, 15) is 32.7 Å². The lowest BCUT2D eigenvalue weighted by Gasteiger charge is -2.38. The molecule has 42 heavy (non-hydrogen) atoms. The molecule has 4 rings (SSSR count). The molecule has 4 amide bonds. The van der Waals surface area contributed by atoms with E-state index in [1.807, 2.05) is 6.92 Å². The Balaban J connectivity index is 1.52. The van der Waals surface area contributed by atoms with E-state index in [1.165, 1.54) is 28.0 Å². The van der Waals surface area contributed by atoms with Crippen molar-refractivity contribution in [1.82, 2.24) is 9.80 Å². The number of amides is 4. The molecular weight excluding hydrogens is 561 g/mol. The third-order valence-electron chi connectivity index (χ3n) is 7.01. The Bertz CT molecular complexity index is 1320. The summed E-state index contributed by atoms with van der Waals surface area (Å²) in [7, 11) is 1.59. The van der Waals surface area contributed by atoms with Gasteiger partial charge in [-0.1, -0.05) is 6.92 Å². The molecule has 2 aromatic rings. The van der Waals surface area contributed by atoms with Crippen LogP contribution in [0.5, 0.6) is 17.2 Å². The number of likely N-dealkylation sites (N-methyl/N-ethyl adjacent to an activating group) is 1. The first-order chi connectivity index (χ1) is 19.8. The van der Waals surface area contributed by atoms with E-state index in [4.69, 9.17) is 14.2 Å². The van der Waals surface area contributed by atoms with Crippen LogP contribution in [-0.2, 0) is 4.79 Å². The number of hydrogen-bond acceptors (Lipinski definition) is 7. The number of nitrogens with one attached hydrogen (secondary N) is 2. The lowest BCUT2D eigenvalue weighted by Crippen LogP contribution is -2.50. The van der Waals surface area contributed by atoms with Crippen molar-refractivity contribution >= 4 is 29.2 Å². The molecule has 0 aromatic heterocycles. The Labute approximate surface area is 240 Å². The molecule has 3 atom stereocenters. The van der Waals surface area contributed by atoms with Crippen molar-refractivity contribution in [3.05, 3.63) is 42.0 Å². The lowest BCUT2D eigenvalue weighted by atomic mass is 9.99. The maximum atomic E-state index is 13.5. The van der Waals surface area contributed by atoms with Crippen LogP contribution in [0.1, 0.15) is 37.0 Å². The van der Waals surface area contributed by atoms with Crippen LogP contribution >= 0.6 is 0 Å². The van der Waals surface area contributed by atoms with E-state index in [0.29, 0.717) is 17.2 Å². The zero-order chi connectivity index (χ0) is 30.6. The molecule has 0 saturated heterocycles. The Morgan fingerprint density at radius 3 is 2.45 bits per heavy atom. The van der Waals surface area contributed by atoms with Crippen molar-refractivity contribution in [1.29, 1.82) is 0 Å². The van der Waals surface area contributed by atoms with Gasteiger partial charge in [-0.3, -0.25) is 9.59 Å². The highest BCUT2D eigenvalue weighted by Crippen LogP contribution is 2.35. The number of ether oxygens (including phenoxy) is 3. The lowest BCUT2D eigenvalue weighted by molar-refractivity contribution is -0.142. The largest absolute Gasteiger partial charge is 0.487 e. The molecular formula is C28H33F3N4O7. The monoisotopic (exact) mass is 594 g/mol. The second kappa shape index (κ2) is 12.8. The predicted octanol–water partition coefficient (Wildman–Crippen LogP) is 4.08. The third-order valence-corrected chi connectivity index (χ3v) is 7.01. The van der Waals surface area contributed by atoms with Crippen LogP contribution in [-0.4, -0.2) is 84.6 Å². The fourth-order valence-electron chi connectivity index (χ4n) is 4.54. The highest BCUT2D eigenvalue weighted by molar-refractivity contribution is 6.00. The molecule has 0 fully saturated rings. The topological polar surface area (TPSA) is 130 Å². The molecule has 11 nitrogen and oxygen atoms in total. The van der Waals surface area contributed by atoms with Crippen LogP contribution in [0.3, 0.4) is 0 Å². The Kier molecular flexibility index (Phi) is 9.34. The van der Waals surface area contributed by atoms with Crippen LogP contribution < -0.4 is 24.8 Å². The van der Waals surface area contributed by atoms with Crippen molar-refractivity contribution in [3.63, 3.8) is 0 Å². The van der Waals surface area contributed by atoms with Crippen LogP contribution in [0.2, 0.25) is 0 Å². The summed E-state index contributed by atoms with van der Waals surface area (Å²) in [5, 5.41) is 15.0. The smallest absolute Gasteiger partial charge is 0.389 e. The molecule has 2 aliphatic rings. The van der Waals surface area contributed by atoms with Gasteiger partial charge in [0.25, 0.3) is 5.91 Å². The maximum Gasteiger partial charge on any atom is 0.389 e. The highest BCUT2D eigenvalue weighted by Gasteiger charge is 2.34. The standard InChI is InChI=1S/C28H33F3N4O7/c1-16-12-35(17(2)14-36)26(38)20-10-18(32-25(37)8-9-28(29,30)31)4-6-21(20)42-24(16)13-34(3)27(39)33-19-5-7-22-23(11-19)41-15-40-22/h4-7,10-11,16-17,24,36H,8-9,12-15H2,1-3H3,(H,32,37)(H,33,39)/t16-,17+,24-/m1/s1. The summed E-state index contributed by atoms with van der Waals surface area (Å²) in [6.07, 6.45) is -7.11. The average molecular weight is 595 g/mol. The van der Waals surface area contributed by atoms with Crippen molar-refractivity contribution in [2.45, 2.75) is 45.0 Å². The minimum Gasteiger partial charge on any atom is -0.487 e. The first kappa shape index (κ1) is 30.8. The Hall–Kier alpha value is -4.20. The van der Waals surface area contributed by atoms with Crippen LogP contribution in [0, 0.1) is 5.92 Å².